The first-order valence-corrected chi connectivity index (χ1v) is 9.43. The predicted molar refractivity (Wildman–Crippen MR) is 106 cm³/mol. The first-order valence-electron chi connectivity index (χ1n) is 10.1. The van der Waals surface area contributed by atoms with E-state index < -0.39 is 18.2 Å². The Hall–Kier alpha value is -2.74. The van der Waals surface area contributed by atoms with E-state index in [1.165, 1.54) is 4.90 Å². The zero-order valence-electron chi connectivity index (χ0n) is 18.1. The Balaban J connectivity index is 1.66. The number of carbonyl (C=O) groups is 1. The van der Waals surface area contributed by atoms with Crippen LogP contribution in [0, 0.1) is 0 Å². The molecule has 8 heteroatoms. The lowest BCUT2D eigenvalue weighted by atomic mass is 9.89. The van der Waals surface area contributed by atoms with Crippen LogP contribution in [0.3, 0.4) is 0 Å². The van der Waals surface area contributed by atoms with Gasteiger partial charge in [0.25, 0.3) is 5.89 Å². The van der Waals surface area contributed by atoms with Crippen molar-refractivity contribution in [1.29, 1.82) is 0 Å². The molecule has 1 unspecified atom stereocenters. The van der Waals surface area contributed by atoms with Crippen molar-refractivity contribution in [1.82, 2.24) is 20.1 Å². The highest BCUT2D eigenvalue weighted by molar-refractivity contribution is 9.10. The van der Waals surface area contributed by atoms with E-state index >= 15 is 0 Å². The van der Waals surface area contributed by atoms with Crippen molar-refractivity contribution in [2.45, 2.75) is 25.2 Å². The number of hydrogen-bond acceptors (Lipinski definition) is 6. The van der Waals surface area contributed by atoms with E-state index in [4.69, 9.17) is 13.3 Å². The Labute approximate surface area is 175 Å². The van der Waals surface area contributed by atoms with Crippen LogP contribution >= 0.6 is 15.9 Å². The summed E-state index contributed by atoms with van der Waals surface area (Å²) in [5.41, 5.74) is -0.659. The quantitative estimate of drug-likeness (QED) is 0.596. The molecule has 144 valence electrons. The molecule has 7 nitrogen and oxygen atoms in total. The molecule has 1 amide bonds. The minimum absolute atomic E-state index is 0.0451. The van der Waals surface area contributed by atoms with Crippen LogP contribution in [0.25, 0.3) is 11.6 Å². The van der Waals surface area contributed by atoms with Crippen LogP contribution in [-0.4, -0.2) is 39.6 Å². The number of rotatable bonds is 5. The van der Waals surface area contributed by atoms with Crippen molar-refractivity contribution in [2.24, 2.45) is 0 Å². The number of pyridine rings is 1. The Morgan fingerprint density at radius 1 is 1.32 bits per heavy atom. The third kappa shape index (κ3) is 3.28. The molecule has 3 aromatic rings. The predicted octanol–water partition coefficient (Wildman–Crippen LogP) is 3.59. The van der Waals surface area contributed by atoms with Gasteiger partial charge in [-0.2, -0.15) is 0 Å². The Morgan fingerprint density at radius 2 is 2.14 bits per heavy atom. The molecule has 3 heterocycles. The number of aromatic nitrogens is 3. The maximum atomic E-state index is 13.4. The van der Waals surface area contributed by atoms with Crippen molar-refractivity contribution in [2.75, 3.05) is 13.7 Å². The summed E-state index contributed by atoms with van der Waals surface area (Å²) >= 11 is 3.36. The van der Waals surface area contributed by atoms with Gasteiger partial charge in [-0.25, -0.2) is 4.98 Å². The number of nitrogens with zero attached hydrogens (tertiary/aromatic N) is 4. The molecule has 1 fully saturated rings. The molecule has 2 aromatic heterocycles. The summed E-state index contributed by atoms with van der Waals surface area (Å²) in [6.07, 6.45) is 1.60. The van der Waals surface area contributed by atoms with Gasteiger partial charge < -0.3 is 14.1 Å². The van der Waals surface area contributed by atoms with Crippen LogP contribution in [-0.2, 0) is 16.8 Å². The van der Waals surface area contributed by atoms with Gasteiger partial charge >= 0.3 is 0 Å². The van der Waals surface area contributed by atoms with E-state index in [9.17, 15) is 4.79 Å². The van der Waals surface area contributed by atoms with E-state index in [-0.39, 0.29) is 31.3 Å². The van der Waals surface area contributed by atoms with Gasteiger partial charge in [-0.1, -0.05) is 12.1 Å². The fourth-order valence-corrected chi connectivity index (χ4v) is 3.54. The van der Waals surface area contributed by atoms with E-state index in [0.717, 1.165) is 5.56 Å². The first-order chi connectivity index (χ1) is 14.8. The average Bonchev–Trinajstić information content (AvgIpc) is 3.35. The Bertz CT molecular complexity index is 1100. The summed E-state index contributed by atoms with van der Waals surface area (Å²) in [5.74, 6) is -0.0270. The molecule has 0 bridgehead atoms. The van der Waals surface area contributed by atoms with E-state index in [1.807, 2.05) is 12.1 Å². The fraction of sp³-hybridized carbons (Fsp3) is 0.300. The maximum Gasteiger partial charge on any atom is 0.267 e. The molecular formula is C20H19BrN4O3. The molecule has 1 aromatic carbocycles. The van der Waals surface area contributed by atoms with Crippen LogP contribution in [0.5, 0.6) is 5.75 Å². The highest BCUT2D eigenvalue weighted by atomic mass is 79.9. The standard InChI is InChI=1S/C20H19BrN4O3/c1-20(18-24-23-17(28-18)16-15(21)4-3-10-22-16)9-11-25(19(20)26)12-13-5-7-14(27-2)8-6-13/h3-8,10H,9,11-12H2,1-2H3/i1D3. The maximum absolute atomic E-state index is 13.4. The molecule has 0 saturated carbocycles. The van der Waals surface area contributed by atoms with Crippen LogP contribution < -0.4 is 4.74 Å². The normalized spacial score (nSPS) is 21.3. The van der Waals surface area contributed by atoms with Crippen LogP contribution in [0.4, 0.5) is 0 Å². The Morgan fingerprint density at radius 3 is 2.86 bits per heavy atom. The van der Waals surface area contributed by atoms with Gasteiger partial charge in [0.15, 0.2) is 0 Å². The SMILES string of the molecule is [2H]C([2H])([2H])C1(c2nnc(-c3ncccc3Br)o2)CCN(Cc2ccc(OC)cc2)C1=O. The lowest BCUT2D eigenvalue weighted by Gasteiger charge is -2.20. The minimum atomic E-state index is -2.66. The second-order valence-electron chi connectivity index (χ2n) is 6.48. The summed E-state index contributed by atoms with van der Waals surface area (Å²) in [7, 11) is 1.58. The number of ether oxygens (including phenoxy) is 1. The highest BCUT2D eigenvalue weighted by Crippen LogP contribution is 2.37. The lowest BCUT2D eigenvalue weighted by Crippen LogP contribution is -2.35. The molecular weight excluding hydrogens is 424 g/mol. The molecule has 1 aliphatic heterocycles. The number of likely N-dealkylation sites (tertiary alicyclic amines) is 1. The van der Waals surface area contributed by atoms with Crippen molar-refractivity contribution in [3.05, 3.63) is 58.5 Å². The summed E-state index contributed by atoms with van der Waals surface area (Å²) in [4.78, 5) is 19.1. The van der Waals surface area contributed by atoms with Gasteiger partial charge in [0.05, 0.1) is 7.11 Å². The van der Waals surface area contributed by atoms with E-state index in [1.54, 1.807) is 37.6 Å². The van der Waals surface area contributed by atoms with Crippen molar-refractivity contribution < 1.29 is 18.1 Å². The highest BCUT2D eigenvalue weighted by Gasteiger charge is 2.48. The number of benzene rings is 1. The summed E-state index contributed by atoms with van der Waals surface area (Å²) in [6, 6.07) is 10.7. The number of hydrogen-bond donors (Lipinski definition) is 0. The summed E-state index contributed by atoms with van der Waals surface area (Å²) in [6.45, 7) is -2.13. The van der Waals surface area contributed by atoms with Gasteiger partial charge in [-0.3, -0.25) is 4.79 Å². The first kappa shape index (κ1) is 15.2. The number of carbonyl (C=O) groups excluding carboxylic acids is 1. The zero-order chi connectivity index (χ0) is 22.2. The van der Waals surface area contributed by atoms with Gasteiger partial charge in [0.1, 0.15) is 16.9 Å². The van der Waals surface area contributed by atoms with E-state index in [0.29, 0.717) is 15.9 Å². The molecule has 0 aliphatic carbocycles. The molecule has 1 atom stereocenters. The number of methoxy groups -OCH3 is 1. The third-order valence-electron chi connectivity index (χ3n) is 4.69. The summed E-state index contributed by atoms with van der Waals surface area (Å²) in [5, 5.41) is 7.94. The minimum Gasteiger partial charge on any atom is -0.497 e. The number of amides is 1. The molecule has 1 aliphatic rings. The summed E-state index contributed by atoms with van der Waals surface area (Å²) < 4.78 is 35.9. The molecule has 0 radical (unpaired) electrons. The van der Waals surface area contributed by atoms with Crippen LogP contribution in [0.1, 0.15) is 28.8 Å². The zero-order valence-corrected chi connectivity index (χ0v) is 16.6. The molecule has 1 saturated heterocycles. The molecule has 28 heavy (non-hydrogen) atoms. The fourth-order valence-electron chi connectivity index (χ4n) is 3.12. The van der Waals surface area contributed by atoms with Crippen LogP contribution in [0.2, 0.25) is 0 Å². The van der Waals surface area contributed by atoms with Gasteiger partial charge in [-0.05, 0) is 59.0 Å². The molecule has 0 spiro atoms. The largest absolute Gasteiger partial charge is 0.497 e. The van der Waals surface area contributed by atoms with Crippen molar-refractivity contribution in [3.8, 4) is 17.3 Å². The van der Waals surface area contributed by atoms with E-state index in [2.05, 4.69) is 31.1 Å². The van der Waals surface area contributed by atoms with Crippen molar-refractivity contribution in [3.63, 3.8) is 0 Å². The average molecular weight is 446 g/mol. The van der Waals surface area contributed by atoms with Crippen LogP contribution in [0.15, 0.2) is 51.5 Å². The third-order valence-corrected chi connectivity index (χ3v) is 5.33. The van der Waals surface area contributed by atoms with Gasteiger partial charge in [0, 0.05) is 27.9 Å². The van der Waals surface area contributed by atoms with Gasteiger partial charge in [-0.15, -0.1) is 10.2 Å². The second kappa shape index (κ2) is 7.35. The number of halogens is 1. The second-order valence-corrected chi connectivity index (χ2v) is 7.33. The van der Waals surface area contributed by atoms with Gasteiger partial charge in [0.2, 0.25) is 11.8 Å². The smallest absolute Gasteiger partial charge is 0.267 e. The Kier molecular flexibility index (Phi) is 3.99. The van der Waals surface area contributed by atoms with Crippen molar-refractivity contribution >= 4 is 21.8 Å². The monoisotopic (exact) mass is 445 g/mol. The molecule has 0 N–H and O–H groups in total. The molecule has 4 rings (SSSR count). The lowest BCUT2D eigenvalue weighted by molar-refractivity contribution is -0.133. The topological polar surface area (TPSA) is 81.3 Å².